The van der Waals surface area contributed by atoms with Gasteiger partial charge in [0.15, 0.2) is 0 Å². The molecule has 0 saturated carbocycles. The van der Waals surface area contributed by atoms with Crippen LogP contribution in [0.4, 0.5) is 4.39 Å². The van der Waals surface area contributed by atoms with Gasteiger partial charge in [-0.3, -0.25) is 4.98 Å². The molecule has 0 fully saturated rings. The van der Waals surface area contributed by atoms with Gasteiger partial charge in [-0.05, 0) is 84.4 Å². The minimum absolute atomic E-state index is 0.112. The first-order chi connectivity index (χ1) is 16.1. The summed E-state index contributed by atoms with van der Waals surface area (Å²) in [5.74, 6) is -0.112. The van der Waals surface area contributed by atoms with Crippen molar-refractivity contribution in [2.45, 2.75) is 38.5 Å². The van der Waals surface area contributed by atoms with Crippen LogP contribution in [-0.4, -0.2) is 18.7 Å². The molecule has 1 heterocycles. The molecule has 4 heteroatoms. The van der Waals surface area contributed by atoms with E-state index < -0.39 is 0 Å². The van der Waals surface area contributed by atoms with Gasteiger partial charge in [-0.25, -0.2) is 4.39 Å². The Morgan fingerprint density at radius 1 is 0.788 bits per heavy atom. The van der Waals surface area contributed by atoms with Crippen molar-refractivity contribution < 1.29 is 9.13 Å². The molecule has 3 aromatic carbocycles. The number of nitrogens with zero attached hydrogens (tertiary/aromatic N) is 1. The molecule has 0 aliphatic rings. The van der Waals surface area contributed by atoms with Crippen LogP contribution in [0.3, 0.4) is 0 Å². The van der Waals surface area contributed by atoms with Gasteiger partial charge in [0, 0.05) is 36.0 Å². The van der Waals surface area contributed by atoms with Gasteiger partial charge < -0.3 is 4.74 Å². The zero-order valence-electron chi connectivity index (χ0n) is 19.0. The van der Waals surface area contributed by atoms with E-state index in [9.17, 15) is 0 Å². The Kier molecular flexibility index (Phi) is 8.09. The summed E-state index contributed by atoms with van der Waals surface area (Å²) in [4.78, 5) is 4.60. The highest BCUT2D eigenvalue weighted by Gasteiger charge is 2.09. The van der Waals surface area contributed by atoms with Crippen molar-refractivity contribution in [3.05, 3.63) is 112 Å². The van der Waals surface area contributed by atoms with Gasteiger partial charge in [0.2, 0.25) is 0 Å². The van der Waals surface area contributed by atoms with Crippen molar-refractivity contribution in [3.8, 4) is 0 Å². The molecule has 0 aliphatic heterocycles. The Morgan fingerprint density at radius 2 is 1.55 bits per heavy atom. The fraction of sp³-hybridized carbons (Fsp3) is 0.276. The number of aromatic nitrogens is 1. The highest BCUT2D eigenvalue weighted by molar-refractivity contribution is 6.30. The van der Waals surface area contributed by atoms with Gasteiger partial charge in [0.05, 0.1) is 0 Å². The van der Waals surface area contributed by atoms with Crippen molar-refractivity contribution in [1.29, 1.82) is 0 Å². The molecular weight excluding hydrogens is 433 g/mol. The van der Waals surface area contributed by atoms with E-state index in [1.807, 2.05) is 54.7 Å². The second-order valence-corrected chi connectivity index (χ2v) is 8.91. The second kappa shape index (κ2) is 11.4. The number of benzene rings is 3. The van der Waals surface area contributed by atoms with Gasteiger partial charge in [0.25, 0.3) is 0 Å². The van der Waals surface area contributed by atoms with Crippen LogP contribution in [0.25, 0.3) is 10.8 Å². The van der Waals surface area contributed by atoms with E-state index in [4.69, 9.17) is 16.3 Å². The lowest BCUT2D eigenvalue weighted by Gasteiger charge is -2.09. The number of pyridine rings is 1. The van der Waals surface area contributed by atoms with Gasteiger partial charge in [-0.2, -0.15) is 0 Å². The van der Waals surface area contributed by atoms with E-state index in [1.165, 1.54) is 11.1 Å². The Labute approximate surface area is 200 Å². The summed E-state index contributed by atoms with van der Waals surface area (Å²) >= 11 is 5.95. The quantitative estimate of drug-likeness (QED) is 0.233. The number of rotatable bonds is 10. The fourth-order valence-electron chi connectivity index (χ4n) is 4.11. The van der Waals surface area contributed by atoms with Crippen LogP contribution in [0.5, 0.6) is 0 Å². The molecule has 4 rings (SSSR count). The maximum Gasteiger partial charge on any atom is 0.134 e. The number of halogens is 2. The van der Waals surface area contributed by atoms with Crippen molar-refractivity contribution in [3.63, 3.8) is 0 Å². The number of methoxy groups -OCH3 is 1. The van der Waals surface area contributed by atoms with E-state index >= 15 is 4.39 Å². The Bertz CT molecular complexity index is 1190. The van der Waals surface area contributed by atoms with Crippen LogP contribution in [-0.2, 0) is 36.8 Å². The van der Waals surface area contributed by atoms with Crippen LogP contribution in [0.2, 0.25) is 5.02 Å². The van der Waals surface area contributed by atoms with E-state index in [1.54, 1.807) is 7.11 Å². The average Bonchev–Trinajstić information content (AvgIpc) is 2.84. The van der Waals surface area contributed by atoms with E-state index in [2.05, 4.69) is 23.2 Å². The zero-order valence-corrected chi connectivity index (χ0v) is 19.7. The van der Waals surface area contributed by atoms with Crippen molar-refractivity contribution in [1.82, 2.24) is 4.98 Å². The van der Waals surface area contributed by atoms with Crippen molar-refractivity contribution in [2.75, 3.05) is 13.7 Å². The number of hydrogen-bond acceptors (Lipinski definition) is 2. The van der Waals surface area contributed by atoms with Crippen molar-refractivity contribution in [2.24, 2.45) is 0 Å². The lowest BCUT2D eigenvalue weighted by atomic mass is 9.98. The topological polar surface area (TPSA) is 22.1 Å². The number of hydrogen-bond donors (Lipinski definition) is 0. The Hall–Kier alpha value is -2.75. The SMILES string of the molecule is COCCCc1ccc(CCc2ccc3c(F)c(CCc4ccc(Cl)cc4)ccc3c2)nc1. The Morgan fingerprint density at radius 3 is 2.30 bits per heavy atom. The number of aryl methyl sites for hydroxylation is 5. The summed E-state index contributed by atoms with van der Waals surface area (Å²) in [6.07, 6.45) is 7.16. The second-order valence-electron chi connectivity index (χ2n) is 8.47. The molecule has 33 heavy (non-hydrogen) atoms. The van der Waals surface area contributed by atoms with Crippen LogP contribution < -0.4 is 0 Å². The van der Waals surface area contributed by atoms with E-state index in [0.29, 0.717) is 11.8 Å². The average molecular weight is 462 g/mol. The normalized spacial score (nSPS) is 11.2. The molecule has 0 atom stereocenters. The predicted molar refractivity (Wildman–Crippen MR) is 135 cm³/mol. The summed E-state index contributed by atoms with van der Waals surface area (Å²) in [7, 11) is 1.73. The minimum Gasteiger partial charge on any atom is -0.385 e. The molecule has 0 saturated heterocycles. The molecule has 170 valence electrons. The molecule has 0 radical (unpaired) electrons. The summed E-state index contributed by atoms with van der Waals surface area (Å²) in [5, 5.41) is 2.35. The summed E-state index contributed by atoms with van der Waals surface area (Å²) in [5.41, 5.74) is 5.42. The highest BCUT2D eigenvalue weighted by Crippen LogP contribution is 2.24. The summed E-state index contributed by atoms with van der Waals surface area (Å²) in [6, 6.07) is 22.0. The third kappa shape index (κ3) is 6.40. The maximum absolute atomic E-state index is 15.1. The lowest BCUT2D eigenvalue weighted by Crippen LogP contribution is -1.98. The monoisotopic (exact) mass is 461 g/mol. The minimum atomic E-state index is -0.112. The smallest absolute Gasteiger partial charge is 0.134 e. The zero-order chi connectivity index (χ0) is 23.0. The van der Waals surface area contributed by atoms with Gasteiger partial charge >= 0.3 is 0 Å². The first kappa shape index (κ1) is 23.4. The molecule has 2 nitrogen and oxygen atoms in total. The standard InChI is InChI=1S/C29H29ClFNO/c1-33-18-2-3-23-8-16-27(32-20-23)15-7-22-9-17-28-25(19-22)12-11-24(29(28)31)10-4-21-5-13-26(30)14-6-21/h5-6,8-9,11-14,16-17,19-20H,2-4,7,10,15,18H2,1H3. The van der Waals surface area contributed by atoms with Crippen LogP contribution >= 0.6 is 11.6 Å². The predicted octanol–water partition coefficient (Wildman–Crippen LogP) is 7.18. The first-order valence-corrected chi connectivity index (χ1v) is 11.9. The highest BCUT2D eigenvalue weighted by atomic mass is 35.5. The lowest BCUT2D eigenvalue weighted by molar-refractivity contribution is 0.195. The van der Waals surface area contributed by atoms with E-state index in [0.717, 1.165) is 65.9 Å². The Balaban J connectivity index is 1.37. The third-order valence-corrected chi connectivity index (χ3v) is 6.32. The maximum atomic E-state index is 15.1. The van der Waals surface area contributed by atoms with E-state index in [-0.39, 0.29) is 5.82 Å². The fourth-order valence-corrected chi connectivity index (χ4v) is 4.24. The number of fused-ring (bicyclic) bond motifs is 1. The molecule has 4 aromatic rings. The van der Waals surface area contributed by atoms with Crippen LogP contribution in [0.15, 0.2) is 72.9 Å². The molecule has 0 amide bonds. The number of ether oxygens (including phenoxy) is 1. The first-order valence-electron chi connectivity index (χ1n) is 11.5. The largest absolute Gasteiger partial charge is 0.385 e. The summed E-state index contributed by atoms with van der Waals surface area (Å²) in [6.45, 7) is 0.772. The molecule has 0 unspecified atom stereocenters. The van der Waals surface area contributed by atoms with Gasteiger partial charge in [0.1, 0.15) is 5.82 Å². The molecular formula is C29H29ClFNO. The van der Waals surface area contributed by atoms with Gasteiger partial charge in [-0.15, -0.1) is 0 Å². The molecule has 0 bridgehead atoms. The molecule has 0 aliphatic carbocycles. The van der Waals surface area contributed by atoms with Crippen molar-refractivity contribution >= 4 is 22.4 Å². The van der Waals surface area contributed by atoms with Crippen LogP contribution in [0.1, 0.15) is 34.4 Å². The molecule has 0 spiro atoms. The van der Waals surface area contributed by atoms with Crippen LogP contribution in [0, 0.1) is 5.82 Å². The molecule has 1 aromatic heterocycles. The van der Waals surface area contributed by atoms with Gasteiger partial charge in [-0.1, -0.05) is 60.1 Å². The molecule has 0 N–H and O–H groups in total. The third-order valence-electron chi connectivity index (χ3n) is 6.06. The summed E-state index contributed by atoms with van der Waals surface area (Å²) < 4.78 is 20.2.